The van der Waals surface area contributed by atoms with E-state index in [2.05, 4.69) is 4.74 Å². The highest BCUT2D eigenvalue weighted by Gasteiger charge is 2.32. The minimum atomic E-state index is -4.56. The molecule has 0 atom stereocenters. The summed E-state index contributed by atoms with van der Waals surface area (Å²) in [5.41, 5.74) is 1.17. The zero-order chi connectivity index (χ0) is 10.8. The molecule has 0 saturated heterocycles. The fraction of sp³-hybridized carbons (Fsp3) is 0.600. The summed E-state index contributed by atoms with van der Waals surface area (Å²) in [4.78, 5) is 0. The van der Waals surface area contributed by atoms with Crippen LogP contribution in [0.2, 0.25) is 0 Å². The summed E-state index contributed by atoms with van der Waals surface area (Å²) in [6.07, 6.45) is -0.445. The average molecular weight is 206 g/mol. The highest BCUT2D eigenvalue weighted by Crippen LogP contribution is 2.29. The Morgan fingerprint density at radius 1 is 1.21 bits per heavy atom. The maximum atomic E-state index is 11.8. The first kappa shape index (κ1) is 11.1. The smallest absolute Gasteiger partial charge is 0.410 e. The van der Waals surface area contributed by atoms with Crippen LogP contribution in [-0.2, 0) is 4.74 Å². The maximum absolute atomic E-state index is 11.8. The van der Waals surface area contributed by atoms with Gasteiger partial charge in [-0.05, 0) is 18.4 Å². The Morgan fingerprint density at radius 3 is 2.21 bits per heavy atom. The predicted molar refractivity (Wildman–Crippen MR) is 47.4 cm³/mol. The number of allylic oxidation sites excluding steroid dienone is 4. The molecule has 0 aliphatic heterocycles. The largest absolute Gasteiger partial charge is 0.572 e. The van der Waals surface area contributed by atoms with Crippen molar-refractivity contribution < 1.29 is 17.9 Å². The van der Waals surface area contributed by atoms with Gasteiger partial charge in [-0.2, -0.15) is 0 Å². The number of rotatable bonds is 2. The molecule has 0 fully saturated rings. The molecule has 0 spiro atoms. The predicted octanol–water partition coefficient (Wildman–Crippen LogP) is 3.78. The summed E-state index contributed by atoms with van der Waals surface area (Å²) in [7, 11) is 0. The topological polar surface area (TPSA) is 9.23 Å². The van der Waals surface area contributed by atoms with Gasteiger partial charge in [-0.15, -0.1) is 13.2 Å². The van der Waals surface area contributed by atoms with E-state index < -0.39 is 6.36 Å². The normalized spacial score (nSPS) is 17.9. The van der Waals surface area contributed by atoms with Crippen molar-refractivity contribution in [3.63, 3.8) is 0 Å². The summed E-state index contributed by atoms with van der Waals surface area (Å²) in [5.74, 6) is 0.389. The Labute approximate surface area is 81.2 Å². The van der Waals surface area contributed by atoms with Crippen LogP contribution in [0.25, 0.3) is 0 Å². The molecule has 14 heavy (non-hydrogen) atoms. The first-order valence-electron chi connectivity index (χ1n) is 4.54. The summed E-state index contributed by atoms with van der Waals surface area (Å²) in [5, 5.41) is 0. The first-order chi connectivity index (χ1) is 6.38. The number of halogens is 3. The quantitative estimate of drug-likeness (QED) is 0.668. The molecule has 0 aromatic rings. The molecule has 80 valence electrons. The molecular formula is C10H13F3O. The van der Waals surface area contributed by atoms with Gasteiger partial charge < -0.3 is 4.74 Å². The molecule has 0 N–H and O–H groups in total. The van der Waals surface area contributed by atoms with E-state index in [4.69, 9.17) is 0 Å². The maximum Gasteiger partial charge on any atom is 0.572 e. The van der Waals surface area contributed by atoms with Gasteiger partial charge in [-0.3, -0.25) is 0 Å². The molecule has 1 aliphatic carbocycles. The van der Waals surface area contributed by atoms with Gasteiger partial charge in [0.1, 0.15) is 5.76 Å². The molecule has 0 radical (unpaired) electrons. The van der Waals surface area contributed by atoms with Crippen molar-refractivity contribution in [1.29, 1.82) is 0 Å². The van der Waals surface area contributed by atoms with E-state index in [1.807, 2.05) is 13.8 Å². The van der Waals surface area contributed by atoms with E-state index in [0.717, 1.165) is 0 Å². The van der Waals surface area contributed by atoms with Gasteiger partial charge in [0.2, 0.25) is 0 Å². The van der Waals surface area contributed by atoms with Crippen LogP contribution in [0.15, 0.2) is 23.5 Å². The SMILES string of the molecule is CC(C)C1=CC=C(OC(F)(F)F)CC1. The Bertz CT molecular complexity index is 261. The van der Waals surface area contributed by atoms with Crippen molar-refractivity contribution in [3.8, 4) is 0 Å². The third kappa shape index (κ3) is 3.44. The molecule has 1 nitrogen and oxygen atoms in total. The molecular weight excluding hydrogens is 193 g/mol. The lowest BCUT2D eigenvalue weighted by molar-refractivity contribution is -0.306. The van der Waals surface area contributed by atoms with E-state index >= 15 is 0 Å². The molecule has 0 amide bonds. The first-order valence-corrected chi connectivity index (χ1v) is 4.54. The Kier molecular flexibility index (Phi) is 3.24. The second-order valence-electron chi connectivity index (χ2n) is 3.58. The van der Waals surface area contributed by atoms with Crippen LogP contribution in [0.3, 0.4) is 0 Å². The van der Waals surface area contributed by atoms with E-state index in [-0.39, 0.29) is 5.76 Å². The van der Waals surface area contributed by atoms with E-state index in [1.165, 1.54) is 11.6 Å². The molecule has 1 rings (SSSR count). The van der Waals surface area contributed by atoms with E-state index in [1.54, 1.807) is 6.08 Å². The fourth-order valence-electron chi connectivity index (χ4n) is 1.35. The Hall–Kier alpha value is -0.930. The van der Waals surface area contributed by atoms with E-state index in [9.17, 15) is 13.2 Å². The minimum Gasteiger partial charge on any atom is -0.410 e. The standard InChI is InChI=1S/C10H13F3O/c1-7(2)8-3-5-9(6-4-8)14-10(11,12)13/h3,5,7H,4,6H2,1-2H3. The van der Waals surface area contributed by atoms with Crippen molar-refractivity contribution in [1.82, 2.24) is 0 Å². The van der Waals surface area contributed by atoms with Crippen LogP contribution < -0.4 is 0 Å². The third-order valence-electron chi connectivity index (χ3n) is 2.13. The van der Waals surface area contributed by atoms with Gasteiger partial charge in [0.05, 0.1) is 0 Å². The van der Waals surface area contributed by atoms with Gasteiger partial charge >= 0.3 is 6.36 Å². The number of hydrogen-bond acceptors (Lipinski definition) is 1. The number of alkyl halides is 3. The molecule has 0 heterocycles. The zero-order valence-electron chi connectivity index (χ0n) is 8.19. The second kappa shape index (κ2) is 4.07. The van der Waals surface area contributed by atoms with Gasteiger partial charge in [0.25, 0.3) is 0 Å². The van der Waals surface area contributed by atoms with Crippen molar-refractivity contribution in [2.45, 2.75) is 33.1 Å². The summed E-state index contributed by atoms with van der Waals surface area (Å²) < 4.78 is 39.3. The molecule has 0 saturated carbocycles. The van der Waals surface area contributed by atoms with Crippen LogP contribution >= 0.6 is 0 Å². The third-order valence-corrected chi connectivity index (χ3v) is 2.13. The van der Waals surface area contributed by atoms with Crippen molar-refractivity contribution >= 4 is 0 Å². The highest BCUT2D eigenvalue weighted by molar-refractivity contribution is 5.22. The molecule has 4 heteroatoms. The van der Waals surface area contributed by atoms with Crippen molar-refractivity contribution in [2.24, 2.45) is 5.92 Å². The lowest BCUT2D eigenvalue weighted by atomic mass is 9.94. The van der Waals surface area contributed by atoms with Crippen LogP contribution in [-0.4, -0.2) is 6.36 Å². The fourth-order valence-corrected chi connectivity index (χ4v) is 1.35. The average Bonchev–Trinajstić information content (AvgIpc) is 2.02. The summed E-state index contributed by atoms with van der Waals surface area (Å²) in [6, 6.07) is 0. The Morgan fingerprint density at radius 2 is 1.86 bits per heavy atom. The van der Waals surface area contributed by atoms with Crippen LogP contribution in [0.5, 0.6) is 0 Å². The lowest BCUT2D eigenvalue weighted by Gasteiger charge is -2.18. The number of hydrogen-bond donors (Lipinski definition) is 0. The monoisotopic (exact) mass is 206 g/mol. The molecule has 0 bridgehead atoms. The lowest BCUT2D eigenvalue weighted by Crippen LogP contribution is -2.14. The van der Waals surface area contributed by atoms with Crippen LogP contribution in [0.1, 0.15) is 26.7 Å². The highest BCUT2D eigenvalue weighted by atomic mass is 19.4. The minimum absolute atomic E-state index is 0.00176. The van der Waals surface area contributed by atoms with Crippen molar-refractivity contribution in [2.75, 3.05) is 0 Å². The van der Waals surface area contributed by atoms with Gasteiger partial charge in [0, 0.05) is 6.42 Å². The molecule has 0 aromatic carbocycles. The second-order valence-corrected chi connectivity index (χ2v) is 3.58. The van der Waals surface area contributed by atoms with Crippen LogP contribution in [0.4, 0.5) is 13.2 Å². The molecule has 0 unspecified atom stereocenters. The van der Waals surface area contributed by atoms with Gasteiger partial charge in [0.15, 0.2) is 0 Å². The molecule has 1 aliphatic rings. The van der Waals surface area contributed by atoms with Crippen molar-refractivity contribution in [3.05, 3.63) is 23.5 Å². The van der Waals surface area contributed by atoms with Gasteiger partial charge in [-0.1, -0.05) is 25.5 Å². The summed E-state index contributed by atoms with van der Waals surface area (Å²) in [6.45, 7) is 4.05. The number of ether oxygens (including phenoxy) is 1. The Balaban J connectivity index is 2.60. The van der Waals surface area contributed by atoms with Gasteiger partial charge in [-0.25, -0.2) is 0 Å². The zero-order valence-corrected chi connectivity index (χ0v) is 8.19. The van der Waals surface area contributed by atoms with Crippen LogP contribution in [0, 0.1) is 5.92 Å². The molecule has 0 aromatic heterocycles. The summed E-state index contributed by atoms with van der Waals surface area (Å²) >= 11 is 0. The van der Waals surface area contributed by atoms with E-state index in [0.29, 0.717) is 18.8 Å².